The van der Waals surface area contributed by atoms with Crippen LogP contribution in [-0.2, 0) is 0 Å². The van der Waals surface area contributed by atoms with E-state index in [9.17, 15) is 15.0 Å². The van der Waals surface area contributed by atoms with Gasteiger partial charge in [0.15, 0.2) is 0 Å². The van der Waals surface area contributed by atoms with Gasteiger partial charge in [-0.2, -0.15) is 0 Å². The number of halogens is 2. The Labute approximate surface area is 112 Å². The SMILES string of the molecule is O=C(O)c1ccc(Cl)c(C(O)C(O)CCBr)c1. The minimum absolute atomic E-state index is 0.0227. The third kappa shape index (κ3) is 3.67. The number of aliphatic hydroxyl groups excluding tert-OH is 2. The predicted molar refractivity (Wildman–Crippen MR) is 67.8 cm³/mol. The lowest BCUT2D eigenvalue weighted by molar-refractivity contribution is 0.0173. The van der Waals surface area contributed by atoms with Crippen LogP contribution in [0.5, 0.6) is 0 Å². The molecule has 0 saturated heterocycles. The minimum atomic E-state index is -1.20. The van der Waals surface area contributed by atoms with Gasteiger partial charge in [0.2, 0.25) is 0 Å². The third-order valence-electron chi connectivity index (χ3n) is 2.33. The van der Waals surface area contributed by atoms with Crippen molar-refractivity contribution in [3.05, 3.63) is 34.3 Å². The van der Waals surface area contributed by atoms with Gasteiger partial charge in [-0.25, -0.2) is 4.79 Å². The summed E-state index contributed by atoms with van der Waals surface area (Å²) in [5, 5.41) is 29.1. The Hall–Kier alpha value is -0.620. The molecule has 0 amide bonds. The van der Waals surface area contributed by atoms with Crippen LogP contribution >= 0.6 is 27.5 Å². The van der Waals surface area contributed by atoms with Crippen LogP contribution in [0, 0.1) is 0 Å². The largest absolute Gasteiger partial charge is 0.478 e. The summed E-state index contributed by atoms with van der Waals surface area (Å²) >= 11 is 9.01. The van der Waals surface area contributed by atoms with Gasteiger partial charge in [0.1, 0.15) is 6.10 Å². The normalized spacial score (nSPS) is 14.4. The van der Waals surface area contributed by atoms with Crippen molar-refractivity contribution >= 4 is 33.5 Å². The molecule has 0 aliphatic rings. The van der Waals surface area contributed by atoms with E-state index >= 15 is 0 Å². The summed E-state index contributed by atoms with van der Waals surface area (Å²) in [4.78, 5) is 10.8. The molecule has 1 rings (SSSR count). The van der Waals surface area contributed by atoms with Crippen molar-refractivity contribution in [2.75, 3.05) is 5.33 Å². The topological polar surface area (TPSA) is 77.8 Å². The zero-order valence-corrected chi connectivity index (χ0v) is 11.1. The van der Waals surface area contributed by atoms with Gasteiger partial charge in [-0.1, -0.05) is 27.5 Å². The molecule has 17 heavy (non-hydrogen) atoms. The number of carboxylic acid groups (broad SMARTS) is 1. The Balaban J connectivity index is 3.03. The fourth-order valence-corrected chi connectivity index (χ4v) is 2.08. The van der Waals surface area contributed by atoms with Crippen LogP contribution < -0.4 is 0 Å². The van der Waals surface area contributed by atoms with Crippen molar-refractivity contribution < 1.29 is 20.1 Å². The summed E-state index contributed by atoms with van der Waals surface area (Å²) in [6.07, 6.45) is -1.84. The average molecular weight is 324 g/mol. The lowest BCUT2D eigenvalue weighted by atomic mass is 10.0. The molecule has 3 N–H and O–H groups in total. The van der Waals surface area contributed by atoms with Crippen molar-refractivity contribution in [2.24, 2.45) is 0 Å². The lowest BCUT2D eigenvalue weighted by Crippen LogP contribution is -2.19. The fraction of sp³-hybridized carbons (Fsp3) is 0.364. The standard InChI is InChI=1S/C11H12BrClO4/c12-4-3-9(14)10(15)7-5-6(11(16)17)1-2-8(7)13/h1-2,5,9-10,14-15H,3-4H2,(H,16,17). The molecular formula is C11H12BrClO4. The number of hydrogen-bond acceptors (Lipinski definition) is 3. The number of carbonyl (C=O) groups is 1. The molecule has 94 valence electrons. The molecule has 2 unspecified atom stereocenters. The van der Waals surface area contributed by atoms with Gasteiger partial charge in [-0.3, -0.25) is 0 Å². The van der Waals surface area contributed by atoms with Crippen molar-refractivity contribution in [3.8, 4) is 0 Å². The van der Waals surface area contributed by atoms with E-state index in [0.29, 0.717) is 11.8 Å². The van der Waals surface area contributed by atoms with E-state index in [1.807, 2.05) is 0 Å². The molecule has 1 aromatic carbocycles. The molecule has 0 radical (unpaired) electrons. The van der Waals surface area contributed by atoms with E-state index in [4.69, 9.17) is 16.7 Å². The highest BCUT2D eigenvalue weighted by molar-refractivity contribution is 9.09. The first-order valence-corrected chi connectivity index (χ1v) is 6.42. The van der Waals surface area contributed by atoms with Crippen molar-refractivity contribution in [1.82, 2.24) is 0 Å². The number of aromatic carboxylic acids is 1. The first-order valence-electron chi connectivity index (χ1n) is 4.92. The van der Waals surface area contributed by atoms with E-state index in [2.05, 4.69) is 15.9 Å². The van der Waals surface area contributed by atoms with Gasteiger partial charge < -0.3 is 15.3 Å². The zero-order chi connectivity index (χ0) is 13.0. The molecule has 4 nitrogen and oxygen atoms in total. The highest BCUT2D eigenvalue weighted by Crippen LogP contribution is 2.27. The van der Waals surface area contributed by atoms with Gasteiger partial charge in [0, 0.05) is 15.9 Å². The van der Waals surface area contributed by atoms with E-state index in [1.54, 1.807) is 0 Å². The highest BCUT2D eigenvalue weighted by atomic mass is 79.9. The summed E-state index contributed by atoms with van der Waals surface area (Å²) in [5.41, 5.74) is 0.245. The van der Waals surface area contributed by atoms with E-state index in [1.165, 1.54) is 18.2 Å². The summed E-state index contributed by atoms with van der Waals surface area (Å²) in [6, 6.07) is 4.01. The molecule has 0 fully saturated rings. The molecule has 0 aromatic heterocycles. The van der Waals surface area contributed by atoms with Crippen molar-refractivity contribution in [1.29, 1.82) is 0 Å². The van der Waals surface area contributed by atoms with E-state index in [0.717, 1.165) is 0 Å². The van der Waals surface area contributed by atoms with Gasteiger partial charge >= 0.3 is 5.97 Å². The molecule has 0 saturated carbocycles. The Bertz CT molecular complexity index is 410. The Kier molecular flexibility index (Phi) is 5.39. The summed E-state index contributed by atoms with van der Waals surface area (Å²) in [5.74, 6) is -1.11. The number of hydrogen-bond donors (Lipinski definition) is 3. The maximum atomic E-state index is 10.8. The second kappa shape index (κ2) is 6.35. The van der Waals surface area contributed by atoms with Crippen LogP contribution in [0.3, 0.4) is 0 Å². The molecule has 0 bridgehead atoms. The second-order valence-corrected chi connectivity index (χ2v) is 4.73. The maximum absolute atomic E-state index is 10.8. The quantitative estimate of drug-likeness (QED) is 0.726. The average Bonchev–Trinajstić information content (AvgIpc) is 2.28. The predicted octanol–water partition coefficient (Wildman–Crippen LogP) is 2.22. The van der Waals surface area contributed by atoms with Gasteiger partial charge in [0.25, 0.3) is 0 Å². The number of carboxylic acids is 1. The number of benzene rings is 1. The molecule has 1 aromatic rings. The molecule has 0 aliphatic heterocycles. The summed E-state index contributed by atoms with van der Waals surface area (Å²) in [6.45, 7) is 0. The second-order valence-electron chi connectivity index (χ2n) is 3.53. The Morgan fingerprint density at radius 2 is 2.06 bits per heavy atom. The Morgan fingerprint density at radius 3 is 2.59 bits per heavy atom. The third-order valence-corrected chi connectivity index (χ3v) is 3.13. The molecule has 6 heteroatoms. The fourth-order valence-electron chi connectivity index (χ4n) is 1.38. The minimum Gasteiger partial charge on any atom is -0.478 e. The monoisotopic (exact) mass is 322 g/mol. The first kappa shape index (κ1) is 14.4. The molecule has 0 spiro atoms. The van der Waals surface area contributed by atoms with Gasteiger partial charge in [0.05, 0.1) is 11.7 Å². The van der Waals surface area contributed by atoms with Crippen LogP contribution in [0.2, 0.25) is 5.02 Å². The number of alkyl halides is 1. The van der Waals surface area contributed by atoms with Crippen LogP contribution in [0.1, 0.15) is 28.4 Å². The van der Waals surface area contributed by atoms with Crippen LogP contribution in [0.15, 0.2) is 18.2 Å². The van der Waals surface area contributed by atoms with Crippen LogP contribution in [0.4, 0.5) is 0 Å². The summed E-state index contributed by atoms with van der Waals surface area (Å²) in [7, 11) is 0. The van der Waals surface area contributed by atoms with Gasteiger partial charge in [-0.05, 0) is 24.6 Å². The summed E-state index contributed by atoms with van der Waals surface area (Å²) < 4.78 is 0. The molecular weight excluding hydrogens is 311 g/mol. The zero-order valence-electron chi connectivity index (χ0n) is 8.81. The van der Waals surface area contributed by atoms with Gasteiger partial charge in [-0.15, -0.1) is 0 Å². The van der Waals surface area contributed by atoms with Crippen LogP contribution in [-0.4, -0.2) is 32.7 Å². The lowest BCUT2D eigenvalue weighted by Gasteiger charge is -2.18. The van der Waals surface area contributed by atoms with E-state index < -0.39 is 18.2 Å². The maximum Gasteiger partial charge on any atom is 0.335 e. The van der Waals surface area contributed by atoms with Crippen molar-refractivity contribution in [3.63, 3.8) is 0 Å². The van der Waals surface area contributed by atoms with Crippen LogP contribution in [0.25, 0.3) is 0 Å². The smallest absolute Gasteiger partial charge is 0.335 e. The Morgan fingerprint density at radius 1 is 1.41 bits per heavy atom. The molecule has 2 atom stereocenters. The van der Waals surface area contributed by atoms with Crippen molar-refractivity contribution in [2.45, 2.75) is 18.6 Å². The first-order chi connectivity index (χ1) is 7.97. The number of aliphatic hydroxyl groups is 2. The molecule has 0 aliphatic carbocycles. The molecule has 0 heterocycles. The number of rotatable bonds is 5. The highest BCUT2D eigenvalue weighted by Gasteiger charge is 2.21. The van der Waals surface area contributed by atoms with E-state index in [-0.39, 0.29) is 16.1 Å².